The van der Waals surface area contributed by atoms with Gasteiger partial charge in [0.05, 0.1) is 39.8 Å². The lowest BCUT2D eigenvalue weighted by Crippen LogP contribution is -2.39. The predicted octanol–water partition coefficient (Wildman–Crippen LogP) is 8.05. The maximum Gasteiger partial charge on any atom is 0.338 e. The van der Waals surface area contributed by atoms with E-state index in [-0.39, 0.29) is 12.2 Å². The van der Waals surface area contributed by atoms with Crippen LogP contribution in [0.15, 0.2) is 142 Å². The van der Waals surface area contributed by atoms with Crippen LogP contribution in [0.1, 0.15) is 56.3 Å². The molecule has 3 heterocycles. The normalized spacial score (nSPS) is 14.6. The summed E-state index contributed by atoms with van der Waals surface area (Å²) in [7, 11) is 0. The van der Waals surface area contributed by atoms with E-state index in [1.54, 1.807) is 11.5 Å². The Balaban J connectivity index is 1.49. The number of rotatable bonds is 8. The highest BCUT2D eigenvalue weighted by atomic mass is 32.1. The second-order valence-corrected chi connectivity index (χ2v) is 13.4. The summed E-state index contributed by atoms with van der Waals surface area (Å²) >= 11 is 1.34. The van der Waals surface area contributed by atoms with E-state index in [1.165, 1.54) is 16.9 Å². The number of allylic oxidation sites excluding steroid dienone is 1. The molecule has 4 aromatic carbocycles. The van der Waals surface area contributed by atoms with Crippen molar-refractivity contribution in [3.8, 4) is 28.2 Å². The number of nitrogens with zero attached hydrogens (tertiary/aromatic N) is 3. The van der Waals surface area contributed by atoms with Crippen molar-refractivity contribution in [1.82, 2.24) is 9.13 Å². The quantitative estimate of drug-likeness (QED) is 0.155. The van der Waals surface area contributed by atoms with Gasteiger partial charge < -0.3 is 9.30 Å². The summed E-state index contributed by atoms with van der Waals surface area (Å²) in [4.78, 5) is 33.4. The molecule has 0 spiro atoms. The number of hydrogen-bond donors (Lipinski definition) is 0. The van der Waals surface area contributed by atoms with Crippen LogP contribution in [0.4, 0.5) is 0 Å². The first-order valence-electron chi connectivity index (χ1n) is 16.6. The van der Waals surface area contributed by atoms with E-state index in [9.17, 15) is 9.59 Å². The SMILES string of the molecule is CCOC(=O)C1=C(C)N=c2s/c(=C\c3cc(-c4ccccc4)n(-c4ccccc4)c3-c3ccccc3)c(=O)n2[C@@H]1c1ccc(C(C)C)cc1. The lowest BCUT2D eigenvalue weighted by atomic mass is 9.93. The topological polar surface area (TPSA) is 65.6 Å². The number of thiazole rings is 1. The van der Waals surface area contributed by atoms with E-state index in [4.69, 9.17) is 9.73 Å². The number of ether oxygens (including phenoxy) is 1. The van der Waals surface area contributed by atoms with Crippen LogP contribution in [-0.4, -0.2) is 21.7 Å². The van der Waals surface area contributed by atoms with Crippen LogP contribution in [0.3, 0.4) is 0 Å². The van der Waals surface area contributed by atoms with Crippen LogP contribution in [0.2, 0.25) is 0 Å². The number of benzene rings is 4. The molecule has 0 radical (unpaired) electrons. The maximum atomic E-state index is 14.6. The lowest BCUT2D eigenvalue weighted by Gasteiger charge is -2.25. The minimum absolute atomic E-state index is 0.205. The summed E-state index contributed by atoms with van der Waals surface area (Å²) < 4.78 is 9.96. The Hall–Kier alpha value is -5.53. The Morgan fingerprint density at radius 2 is 1.49 bits per heavy atom. The van der Waals surface area contributed by atoms with Gasteiger partial charge in [0.2, 0.25) is 0 Å². The van der Waals surface area contributed by atoms with Crippen molar-refractivity contribution in [2.24, 2.45) is 4.99 Å². The summed E-state index contributed by atoms with van der Waals surface area (Å²) in [6.07, 6.45) is 1.97. The molecule has 0 aliphatic carbocycles. The maximum absolute atomic E-state index is 14.6. The molecule has 0 unspecified atom stereocenters. The Bertz CT molecular complexity index is 2350. The highest BCUT2D eigenvalue weighted by Crippen LogP contribution is 2.37. The van der Waals surface area contributed by atoms with Crippen molar-refractivity contribution in [2.75, 3.05) is 6.61 Å². The molecular formula is C42H37N3O3S. The van der Waals surface area contributed by atoms with Gasteiger partial charge in [-0.15, -0.1) is 0 Å². The summed E-state index contributed by atoms with van der Waals surface area (Å²) in [5.41, 5.74) is 8.72. The van der Waals surface area contributed by atoms with Gasteiger partial charge in [0.25, 0.3) is 5.56 Å². The van der Waals surface area contributed by atoms with E-state index in [0.29, 0.717) is 26.5 Å². The van der Waals surface area contributed by atoms with E-state index < -0.39 is 12.0 Å². The van der Waals surface area contributed by atoms with Crippen LogP contribution in [0.5, 0.6) is 0 Å². The molecule has 7 rings (SSSR count). The van der Waals surface area contributed by atoms with Crippen molar-refractivity contribution in [3.05, 3.63) is 169 Å². The fourth-order valence-electron chi connectivity index (χ4n) is 6.51. The monoisotopic (exact) mass is 663 g/mol. The van der Waals surface area contributed by atoms with Crippen LogP contribution in [0.25, 0.3) is 34.3 Å². The third-order valence-electron chi connectivity index (χ3n) is 8.88. The minimum atomic E-state index is -0.666. The Labute approximate surface area is 289 Å². The highest BCUT2D eigenvalue weighted by Gasteiger charge is 2.33. The zero-order chi connectivity index (χ0) is 34.1. The largest absolute Gasteiger partial charge is 0.463 e. The molecule has 0 saturated carbocycles. The minimum Gasteiger partial charge on any atom is -0.463 e. The molecule has 0 bridgehead atoms. The van der Waals surface area contributed by atoms with Gasteiger partial charge in [-0.1, -0.05) is 128 Å². The van der Waals surface area contributed by atoms with Gasteiger partial charge in [-0.2, -0.15) is 0 Å². The molecule has 1 aliphatic heterocycles. The Kier molecular flexibility index (Phi) is 8.85. The number of aromatic nitrogens is 2. The molecule has 1 aliphatic rings. The summed E-state index contributed by atoms with van der Waals surface area (Å²) in [5, 5.41) is 0. The van der Waals surface area contributed by atoms with E-state index >= 15 is 0 Å². The molecule has 7 heteroatoms. The zero-order valence-electron chi connectivity index (χ0n) is 28.0. The first-order chi connectivity index (χ1) is 23.9. The number of hydrogen-bond acceptors (Lipinski definition) is 5. The van der Waals surface area contributed by atoms with Gasteiger partial charge in [0, 0.05) is 11.3 Å². The molecule has 1 atom stereocenters. The third-order valence-corrected chi connectivity index (χ3v) is 9.87. The summed E-state index contributed by atoms with van der Waals surface area (Å²) in [6, 6.07) is 40.5. The molecular weight excluding hydrogens is 627 g/mol. The molecule has 0 fully saturated rings. The first-order valence-corrected chi connectivity index (χ1v) is 17.4. The van der Waals surface area contributed by atoms with E-state index in [1.807, 2.05) is 79.7 Å². The zero-order valence-corrected chi connectivity index (χ0v) is 28.8. The average Bonchev–Trinajstić information content (AvgIpc) is 3.65. The molecule has 2 aromatic heterocycles. The Morgan fingerprint density at radius 3 is 2.10 bits per heavy atom. The smallest absolute Gasteiger partial charge is 0.338 e. The van der Waals surface area contributed by atoms with Crippen molar-refractivity contribution >= 4 is 23.4 Å². The molecule has 6 nitrogen and oxygen atoms in total. The fourth-order valence-corrected chi connectivity index (χ4v) is 7.55. The lowest BCUT2D eigenvalue weighted by molar-refractivity contribution is -0.139. The number of esters is 1. The van der Waals surface area contributed by atoms with Crippen LogP contribution < -0.4 is 14.9 Å². The molecule has 49 heavy (non-hydrogen) atoms. The molecule has 0 saturated heterocycles. The molecule has 244 valence electrons. The third kappa shape index (κ3) is 6.02. The summed E-state index contributed by atoms with van der Waals surface area (Å²) in [6.45, 7) is 8.11. The average molecular weight is 664 g/mol. The highest BCUT2D eigenvalue weighted by molar-refractivity contribution is 7.07. The van der Waals surface area contributed by atoms with E-state index in [2.05, 4.69) is 73.0 Å². The summed E-state index contributed by atoms with van der Waals surface area (Å²) in [5.74, 6) is -0.115. The van der Waals surface area contributed by atoms with Crippen molar-refractivity contribution in [2.45, 2.75) is 39.7 Å². The van der Waals surface area contributed by atoms with Crippen LogP contribution in [0, 0.1) is 0 Å². The number of carbonyl (C=O) groups excluding carboxylic acids is 1. The van der Waals surface area contributed by atoms with Gasteiger partial charge in [-0.25, -0.2) is 9.79 Å². The standard InChI is InChI=1S/C42H37N3O3S/c1-5-48-41(47)37-28(4)43-42-45(39(37)32-23-21-29(22-24-32)27(2)3)40(46)36(49-42)26-33-25-35(30-15-9-6-10-16-30)44(34-19-13-8-14-20-34)38(33)31-17-11-7-12-18-31/h6-27,39H,5H2,1-4H3/b36-26-/t39-/m1/s1. The van der Waals surface area contributed by atoms with Crippen LogP contribution >= 0.6 is 11.3 Å². The first kappa shape index (κ1) is 32.0. The molecule has 0 amide bonds. The number of carbonyl (C=O) groups is 1. The number of para-hydroxylation sites is 1. The van der Waals surface area contributed by atoms with Crippen molar-refractivity contribution < 1.29 is 9.53 Å². The van der Waals surface area contributed by atoms with Crippen molar-refractivity contribution in [1.29, 1.82) is 0 Å². The predicted molar refractivity (Wildman–Crippen MR) is 198 cm³/mol. The van der Waals surface area contributed by atoms with E-state index in [0.717, 1.165) is 39.3 Å². The second kappa shape index (κ2) is 13.5. The van der Waals surface area contributed by atoms with Gasteiger partial charge in [-0.3, -0.25) is 9.36 Å². The Morgan fingerprint density at radius 1 is 0.878 bits per heavy atom. The fraction of sp³-hybridized carbons (Fsp3) is 0.167. The number of fused-ring (bicyclic) bond motifs is 1. The molecule has 6 aromatic rings. The van der Waals surface area contributed by atoms with Crippen LogP contribution in [-0.2, 0) is 9.53 Å². The van der Waals surface area contributed by atoms with Gasteiger partial charge >= 0.3 is 5.97 Å². The van der Waals surface area contributed by atoms with Gasteiger partial charge in [-0.05, 0) is 66.3 Å². The van der Waals surface area contributed by atoms with Gasteiger partial charge in [0.1, 0.15) is 0 Å². The van der Waals surface area contributed by atoms with Crippen molar-refractivity contribution in [3.63, 3.8) is 0 Å². The molecule has 0 N–H and O–H groups in total. The van der Waals surface area contributed by atoms with Gasteiger partial charge in [0.15, 0.2) is 4.80 Å². The second-order valence-electron chi connectivity index (χ2n) is 12.4.